The van der Waals surface area contributed by atoms with Gasteiger partial charge in [0.05, 0.1) is 22.6 Å². The van der Waals surface area contributed by atoms with Crippen molar-refractivity contribution in [3.05, 3.63) is 65.5 Å². The number of primary sulfonamides is 1. The molecule has 0 heterocycles. The lowest BCUT2D eigenvalue weighted by Crippen LogP contribution is -2.41. The Hall–Kier alpha value is -2.29. The van der Waals surface area contributed by atoms with Gasteiger partial charge in [-0.2, -0.15) is 0 Å². The van der Waals surface area contributed by atoms with Gasteiger partial charge in [0.25, 0.3) is 5.91 Å². The summed E-state index contributed by atoms with van der Waals surface area (Å²) in [5.74, 6) is -1.56. The third-order valence-corrected chi connectivity index (χ3v) is 5.49. The zero-order valence-electron chi connectivity index (χ0n) is 13.8. The first-order valence-electron chi connectivity index (χ1n) is 8.12. The lowest BCUT2D eigenvalue weighted by Gasteiger charge is -2.38. The van der Waals surface area contributed by atoms with Gasteiger partial charge in [-0.05, 0) is 42.5 Å². The zero-order valence-corrected chi connectivity index (χ0v) is 14.6. The Kier molecular flexibility index (Phi) is 5.08. The zero-order chi connectivity index (χ0) is 18.9. The minimum absolute atomic E-state index is 0.0147. The van der Waals surface area contributed by atoms with E-state index in [-0.39, 0.29) is 10.8 Å². The Morgan fingerprint density at radius 1 is 1.19 bits per heavy atom. The number of sulfonamides is 1. The van der Waals surface area contributed by atoms with Crippen LogP contribution in [-0.4, -0.2) is 25.5 Å². The van der Waals surface area contributed by atoms with Gasteiger partial charge < -0.3 is 10.4 Å². The molecule has 0 radical (unpaired) electrons. The number of nitrogens with two attached hydrogens (primary N) is 1. The van der Waals surface area contributed by atoms with E-state index in [2.05, 4.69) is 5.32 Å². The summed E-state index contributed by atoms with van der Waals surface area (Å²) in [6, 6.07) is 11.6. The maximum Gasteiger partial charge on any atom is 0.254 e. The molecule has 0 aromatic heterocycles. The van der Waals surface area contributed by atoms with E-state index < -0.39 is 39.5 Å². The summed E-state index contributed by atoms with van der Waals surface area (Å²) in [4.78, 5) is 12.3. The van der Waals surface area contributed by atoms with E-state index in [0.29, 0.717) is 12.8 Å². The molecular formula is C18H19FN2O4S. The molecule has 1 aliphatic carbocycles. The maximum atomic E-state index is 14.1. The van der Waals surface area contributed by atoms with Crippen LogP contribution >= 0.6 is 0 Å². The smallest absolute Gasteiger partial charge is 0.254 e. The van der Waals surface area contributed by atoms with Crippen molar-refractivity contribution in [2.24, 2.45) is 11.1 Å². The van der Waals surface area contributed by atoms with Crippen LogP contribution < -0.4 is 10.5 Å². The van der Waals surface area contributed by atoms with E-state index >= 15 is 0 Å². The average Bonchev–Trinajstić information content (AvgIpc) is 2.57. The average molecular weight is 378 g/mol. The second-order valence-electron chi connectivity index (χ2n) is 6.43. The highest BCUT2D eigenvalue weighted by atomic mass is 32.2. The number of carbonyl (C=O) groups is 1. The molecule has 0 saturated heterocycles. The van der Waals surface area contributed by atoms with E-state index in [1.54, 1.807) is 0 Å². The molecule has 3 rings (SSSR count). The number of nitrogens with one attached hydrogen (secondary N) is 1. The van der Waals surface area contributed by atoms with Crippen molar-refractivity contribution in [1.29, 1.82) is 0 Å². The third kappa shape index (κ3) is 3.92. The summed E-state index contributed by atoms with van der Waals surface area (Å²) in [6.45, 7) is 0. The largest absolute Gasteiger partial charge is 0.393 e. The minimum atomic E-state index is -4.05. The molecule has 6 nitrogen and oxygen atoms in total. The Morgan fingerprint density at radius 2 is 1.85 bits per heavy atom. The summed E-state index contributed by atoms with van der Waals surface area (Å²) < 4.78 is 37.0. The Labute approximate surface area is 150 Å². The van der Waals surface area contributed by atoms with E-state index in [4.69, 9.17) is 5.14 Å². The number of rotatable bonds is 5. The summed E-state index contributed by atoms with van der Waals surface area (Å²) in [6.07, 6.45) is 0.643. The number of hydrogen-bond donors (Lipinski definition) is 3. The molecule has 2 aromatic rings. The third-order valence-electron chi connectivity index (χ3n) is 4.58. The fraction of sp³-hybridized carbons (Fsp3) is 0.278. The highest BCUT2D eigenvalue weighted by Crippen LogP contribution is 2.38. The number of benzene rings is 2. The SMILES string of the molecule is NS(=O)(=O)c1ccc(F)c(C(=O)NC(c2ccccc2)C2CC(O)C2)c1. The van der Waals surface area contributed by atoms with Gasteiger partial charge in [0.2, 0.25) is 10.0 Å². The van der Waals surface area contributed by atoms with Gasteiger partial charge in [-0.25, -0.2) is 17.9 Å². The van der Waals surface area contributed by atoms with Gasteiger partial charge in [0.15, 0.2) is 0 Å². The molecule has 138 valence electrons. The summed E-state index contributed by atoms with van der Waals surface area (Å²) >= 11 is 0. The van der Waals surface area contributed by atoms with Gasteiger partial charge in [0.1, 0.15) is 5.82 Å². The molecule has 0 bridgehead atoms. The van der Waals surface area contributed by atoms with Gasteiger partial charge in [0, 0.05) is 0 Å². The van der Waals surface area contributed by atoms with E-state index in [0.717, 1.165) is 23.8 Å². The molecule has 0 aliphatic heterocycles. The van der Waals surface area contributed by atoms with Crippen LogP contribution in [-0.2, 0) is 10.0 Å². The molecule has 4 N–H and O–H groups in total. The van der Waals surface area contributed by atoms with Crippen molar-refractivity contribution < 1.29 is 22.7 Å². The predicted octanol–water partition coefficient (Wildman–Crippen LogP) is 1.72. The minimum Gasteiger partial charge on any atom is -0.393 e. The standard InChI is InChI=1S/C18H19FN2O4S/c19-16-7-6-14(26(20,24)25)10-15(16)18(23)21-17(12-8-13(22)9-12)11-4-2-1-3-5-11/h1-7,10,12-13,17,22H,8-9H2,(H,21,23)(H2,20,24,25). The molecule has 1 saturated carbocycles. The van der Waals surface area contributed by atoms with Crippen molar-refractivity contribution >= 4 is 15.9 Å². The highest BCUT2D eigenvalue weighted by Gasteiger charge is 2.36. The predicted molar refractivity (Wildman–Crippen MR) is 93.2 cm³/mol. The van der Waals surface area contributed by atoms with Gasteiger partial charge in [-0.3, -0.25) is 4.79 Å². The lowest BCUT2D eigenvalue weighted by molar-refractivity contribution is 0.0235. The molecule has 1 amide bonds. The van der Waals surface area contributed by atoms with Crippen molar-refractivity contribution in [3.8, 4) is 0 Å². The molecule has 2 aromatic carbocycles. The molecule has 26 heavy (non-hydrogen) atoms. The van der Waals surface area contributed by atoms with Crippen LogP contribution in [0.25, 0.3) is 0 Å². The molecule has 1 atom stereocenters. The van der Waals surface area contributed by atoms with Crippen LogP contribution in [0.15, 0.2) is 53.4 Å². The van der Waals surface area contributed by atoms with Gasteiger partial charge in [-0.1, -0.05) is 30.3 Å². The van der Waals surface area contributed by atoms with Gasteiger partial charge in [-0.15, -0.1) is 0 Å². The summed E-state index contributed by atoms with van der Waals surface area (Å²) in [5, 5.41) is 17.4. The lowest BCUT2D eigenvalue weighted by atomic mass is 9.75. The second kappa shape index (κ2) is 7.14. The highest BCUT2D eigenvalue weighted by molar-refractivity contribution is 7.89. The van der Waals surface area contributed by atoms with Crippen LogP contribution in [0, 0.1) is 11.7 Å². The van der Waals surface area contributed by atoms with Crippen LogP contribution in [0.2, 0.25) is 0 Å². The summed E-state index contributed by atoms with van der Waals surface area (Å²) in [5.41, 5.74) is 0.443. The molecule has 0 spiro atoms. The van der Waals surface area contributed by atoms with E-state index in [9.17, 15) is 22.7 Å². The second-order valence-corrected chi connectivity index (χ2v) is 8.00. The molecule has 1 unspecified atom stereocenters. The van der Waals surface area contributed by atoms with E-state index in [1.807, 2.05) is 30.3 Å². The Bertz CT molecular complexity index is 912. The topological polar surface area (TPSA) is 109 Å². The Balaban J connectivity index is 1.89. The van der Waals surface area contributed by atoms with Gasteiger partial charge >= 0.3 is 0 Å². The quantitative estimate of drug-likeness (QED) is 0.736. The number of aliphatic hydroxyl groups is 1. The fourth-order valence-corrected chi connectivity index (χ4v) is 3.65. The number of amides is 1. The number of hydrogen-bond acceptors (Lipinski definition) is 4. The van der Waals surface area contributed by atoms with Crippen molar-refractivity contribution in [1.82, 2.24) is 5.32 Å². The first-order chi connectivity index (χ1) is 12.3. The Morgan fingerprint density at radius 3 is 2.42 bits per heavy atom. The fourth-order valence-electron chi connectivity index (χ4n) is 3.11. The first-order valence-corrected chi connectivity index (χ1v) is 9.66. The van der Waals surface area contributed by atoms with Crippen molar-refractivity contribution in [3.63, 3.8) is 0 Å². The van der Waals surface area contributed by atoms with Crippen LogP contribution in [0.3, 0.4) is 0 Å². The first kappa shape index (κ1) is 18.5. The van der Waals surface area contributed by atoms with Crippen LogP contribution in [0.5, 0.6) is 0 Å². The van der Waals surface area contributed by atoms with Crippen molar-refractivity contribution in [2.75, 3.05) is 0 Å². The van der Waals surface area contributed by atoms with Crippen LogP contribution in [0.1, 0.15) is 34.8 Å². The number of halogens is 1. The molecule has 1 aliphatic rings. The monoisotopic (exact) mass is 378 g/mol. The molecule has 1 fully saturated rings. The normalized spacial score (nSPS) is 20.9. The van der Waals surface area contributed by atoms with E-state index in [1.165, 1.54) is 0 Å². The molecular weight excluding hydrogens is 359 g/mol. The van der Waals surface area contributed by atoms with Crippen molar-refractivity contribution in [2.45, 2.75) is 29.9 Å². The van der Waals surface area contributed by atoms with Crippen LogP contribution in [0.4, 0.5) is 4.39 Å². The maximum absolute atomic E-state index is 14.1. The summed E-state index contributed by atoms with van der Waals surface area (Å²) in [7, 11) is -4.05. The molecule has 8 heteroatoms. The number of carbonyl (C=O) groups excluding carboxylic acids is 1. The number of aliphatic hydroxyl groups excluding tert-OH is 1.